The Kier molecular flexibility index (Phi) is 5.93. The van der Waals surface area contributed by atoms with Gasteiger partial charge in [-0.05, 0) is 31.2 Å². The third-order valence-corrected chi connectivity index (χ3v) is 5.96. The summed E-state index contributed by atoms with van der Waals surface area (Å²) in [5.74, 6) is -1.83. The van der Waals surface area contributed by atoms with Crippen molar-refractivity contribution >= 4 is 38.7 Å². The minimum Gasteiger partial charge on any atom is -0.373 e. The number of nitro benzene ring substituents is 1. The van der Waals surface area contributed by atoms with E-state index in [1.807, 2.05) is 0 Å². The molecule has 0 fully saturated rings. The number of alkyl halides is 3. The Labute approximate surface area is 167 Å². The van der Waals surface area contributed by atoms with E-state index in [0.717, 1.165) is 30.3 Å². The molecule has 0 aromatic heterocycles. The summed E-state index contributed by atoms with van der Waals surface area (Å²) in [4.78, 5) is 20.8. The molecule has 0 heterocycles. The molecule has 13 heteroatoms. The maximum atomic E-state index is 12.7. The van der Waals surface area contributed by atoms with Gasteiger partial charge in [-0.3, -0.25) is 14.9 Å². The number of hydrogen-bond donors (Lipinski definition) is 2. The van der Waals surface area contributed by atoms with Gasteiger partial charge < -0.3 is 10.4 Å². The minimum atomic E-state index is -5.26. The van der Waals surface area contributed by atoms with Gasteiger partial charge in [0.1, 0.15) is 4.90 Å². The molecule has 29 heavy (non-hydrogen) atoms. The number of benzene rings is 2. The van der Waals surface area contributed by atoms with Crippen LogP contribution >= 0.6 is 11.6 Å². The third-order valence-electron chi connectivity index (χ3n) is 3.84. The molecule has 0 radical (unpaired) electrons. The number of sulfone groups is 1. The lowest BCUT2D eigenvalue weighted by Crippen LogP contribution is -2.52. The predicted octanol–water partition coefficient (Wildman–Crippen LogP) is 3.33. The van der Waals surface area contributed by atoms with Crippen LogP contribution in [0.3, 0.4) is 0 Å². The van der Waals surface area contributed by atoms with E-state index in [1.165, 1.54) is 12.1 Å². The van der Waals surface area contributed by atoms with Gasteiger partial charge in [-0.2, -0.15) is 13.2 Å². The number of halogens is 4. The van der Waals surface area contributed by atoms with Crippen molar-refractivity contribution in [2.24, 2.45) is 0 Å². The second-order valence-electron chi connectivity index (χ2n) is 5.89. The van der Waals surface area contributed by atoms with Gasteiger partial charge in [0.25, 0.3) is 11.6 Å². The molecular formula is C16H12ClF3N2O6S. The number of nitrogens with one attached hydrogen (secondary N) is 1. The Bertz CT molecular complexity index is 1090. The molecule has 2 aromatic carbocycles. The number of nitro groups is 1. The molecule has 2 rings (SSSR count). The molecule has 0 aliphatic rings. The number of carbonyl (C=O) groups is 1. The fraction of sp³-hybridized carbons (Fsp3) is 0.188. The van der Waals surface area contributed by atoms with E-state index in [0.29, 0.717) is 0 Å². The second kappa shape index (κ2) is 7.61. The average molecular weight is 453 g/mol. The number of aliphatic hydroxyl groups is 1. The van der Waals surface area contributed by atoms with E-state index in [2.05, 4.69) is 0 Å². The summed E-state index contributed by atoms with van der Waals surface area (Å²) < 4.78 is 63.6. The Hall–Kier alpha value is -2.70. The van der Waals surface area contributed by atoms with Crippen LogP contribution in [-0.2, 0) is 14.6 Å². The lowest BCUT2D eigenvalue weighted by atomic mass is 10.1. The topological polar surface area (TPSA) is 127 Å². The number of carbonyl (C=O) groups excluding carboxylic acids is 1. The lowest BCUT2D eigenvalue weighted by molar-refractivity contribution is -0.387. The van der Waals surface area contributed by atoms with Gasteiger partial charge in [0.15, 0.2) is 0 Å². The highest BCUT2D eigenvalue weighted by molar-refractivity contribution is 7.91. The van der Waals surface area contributed by atoms with Crippen LogP contribution < -0.4 is 5.32 Å². The number of anilines is 1. The molecule has 0 saturated heterocycles. The van der Waals surface area contributed by atoms with E-state index in [-0.39, 0.29) is 6.92 Å². The quantitative estimate of drug-likeness (QED) is 0.529. The molecule has 1 amide bonds. The monoisotopic (exact) mass is 452 g/mol. The SMILES string of the molecule is CC(O)(C(=O)Nc1ccc(S(=O)(=O)c2ccccc2[N+](=O)[O-])cc1Cl)C(F)(F)F. The van der Waals surface area contributed by atoms with Crippen LogP contribution in [-0.4, -0.2) is 36.1 Å². The van der Waals surface area contributed by atoms with E-state index >= 15 is 0 Å². The van der Waals surface area contributed by atoms with E-state index < -0.39 is 58.6 Å². The Balaban J connectivity index is 2.42. The highest BCUT2D eigenvalue weighted by Gasteiger charge is 2.55. The van der Waals surface area contributed by atoms with Crippen molar-refractivity contribution in [3.05, 3.63) is 57.6 Å². The molecule has 0 saturated carbocycles. The van der Waals surface area contributed by atoms with E-state index in [4.69, 9.17) is 11.6 Å². The first-order valence-electron chi connectivity index (χ1n) is 7.58. The van der Waals surface area contributed by atoms with Crippen molar-refractivity contribution in [1.82, 2.24) is 0 Å². The second-order valence-corrected chi connectivity index (χ2v) is 8.22. The zero-order chi connectivity index (χ0) is 22.2. The van der Waals surface area contributed by atoms with Crippen LogP contribution in [0.25, 0.3) is 0 Å². The molecule has 8 nitrogen and oxygen atoms in total. The number of para-hydroxylation sites is 1. The van der Waals surface area contributed by atoms with Crippen LogP contribution in [0.2, 0.25) is 5.02 Å². The summed E-state index contributed by atoms with van der Waals surface area (Å²) in [6, 6.07) is 7.15. The summed E-state index contributed by atoms with van der Waals surface area (Å²) in [5.41, 5.74) is -4.80. The van der Waals surface area contributed by atoms with Gasteiger partial charge in [0.05, 0.1) is 20.5 Å². The van der Waals surface area contributed by atoms with Crippen molar-refractivity contribution in [2.75, 3.05) is 5.32 Å². The predicted molar refractivity (Wildman–Crippen MR) is 95.3 cm³/mol. The Morgan fingerprint density at radius 1 is 1.21 bits per heavy atom. The molecule has 2 aromatic rings. The largest absolute Gasteiger partial charge is 0.426 e. The number of rotatable bonds is 5. The van der Waals surface area contributed by atoms with E-state index in [1.54, 1.807) is 5.32 Å². The number of amides is 1. The summed E-state index contributed by atoms with van der Waals surface area (Å²) >= 11 is 5.86. The van der Waals surface area contributed by atoms with Crippen LogP contribution in [0, 0.1) is 10.1 Å². The van der Waals surface area contributed by atoms with Crippen molar-refractivity contribution in [2.45, 2.75) is 28.5 Å². The smallest absolute Gasteiger partial charge is 0.373 e. The van der Waals surface area contributed by atoms with Gasteiger partial charge in [0, 0.05) is 6.07 Å². The molecule has 0 aliphatic carbocycles. The first-order valence-corrected chi connectivity index (χ1v) is 9.44. The molecule has 0 bridgehead atoms. The normalized spacial score (nSPS) is 14.1. The van der Waals surface area contributed by atoms with Crippen molar-refractivity contribution in [3.63, 3.8) is 0 Å². The average Bonchev–Trinajstić information content (AvgIpc) is 2.62. The molecule has 2 N–H and O–H groups in total. The zero-order valence-electron chi connectivity index (χ0n) is 14.4. The van der Waals surface area contributed by atoms with Crippen molar-refractivity contribution < 1.29 is 36.4 Å². The molecule has 0 aliphatic heterocycles. The summed E-state index contributed by atoms with van der Waals surface area (Å²) in [5, 5.41) is 21.7. The molecule has 156 valence electrons. The van der Waals surface area contributed by atoms with Crippen molar-refractivity contribution in [1.29, 1.82) is 0 Å². The maximum absolute atomic E-state index is 12.7. The van der Waals surface area contributed by atoms with Gasteiger partial charge >= 0.3 is 6.18 Å². The molecule has 1 atom stereocenters. The first-order chi connectivity index (χ1) is 13.2. The highest BCUT2D eigenvalue weighted by atomic mass is 35.5. The maximum Gasteiger partial charge on any atom is 0.426 e. The zero-order valence-corrected chi connectivity index (χ0v) is 16.0. The summed E-state index contributed by atoms with van der Waals surface area (Å²) in [7, 11) is -4.40. The lowest BCUT2D eigenvalue weighted by Gasteiger charge is -2.25. The standard InChI is InChI=1S/C16H12ClF3N2O6S/c1-15(24,16(18,19)20)14(23)21-11-7-6-9(8-10(11)17)29(27,28)13-5-3-2-4-12(13)22(25)26/h2-8,24H,1H3,(H,21,23). The van der Waals surface area contributed by atoms with Crippen LogP contribution in [0.1, 0.15) is 6.92 Å². The van der Waals surface area contributed by atoms with Crippen LogP contribution in [0.5, 0.6) is 0 Å². The fourth-order valence-corrected chi connectivity index (χ4v) is 3.84. The van der Waals surface area contributed by atoms with Crippen LogP contribution in [0.4, 0.5) is 24.5 Å². The first kappa shape index (κ1) is 22.6. The number of nitrogens with zero attached hydrogens (tertiary/aromatic N) is 1. The molecular weight excluding hydrogens is 441 g/mol. The molecule has 0 spiro atoms. The third kappa shape index (κ3) is 4.33. The number of hydrogen-bond acceptors (Lipinski definition) is 6. The van der Waals surface area contributed by atoms with E-state index in [9.17, 15) is 41.6 Å². The van der Waals surface area contributed by atoms with Gasteiger partial charge in [-0.25, -0.2) is 8.42 Å². The van der Waals surface area contributed by atoms with Gasteiger partial charge in [-0.15, -0.1) is 0 Å². The van der Waals surface area contributed by atoms with Gasteiger partial charge in [0.2, 0.25) is 15.4 Å². The highest BCUT2D eigenvalue weighted by Crippen LogP contribution is 2.34. The van der Waals surface area contributed by atoms with Crippen LogP contribution in [0.15, 0.2) is 52.3 Å². The summed E-state index contributed by atoms with van der Waals surface area (Å²) in [6.45, 7) is 0.240. The molecule has 1 unspecified atom stereocenters. The van der Waals surface area contributed by atoms with Crippen molar-refractivity contribution in [3.8, 4) is 0 Å². The van der Waals surface area contributed by atoms with Gasteiger partial charge in [-0.1, -0.05) is 23.7 Å². The fourth-order valence-electron chi connectivity index (χ4n) is 2.10. The summed E-state index contributed by atoms with van der Waals surface area (Å²) in [6.07, 6.45) is -5.26. The minimum absolute atomic E-state index is 0.240. The Morgan fingerprint density at radius 2 is 1.79 bits per heavy atom. The Morgan fingerprint density at radius 3 is 2.31 bits per heavy atom.